The Bertz CT molecular complexity index is 874. The van der Waals surface area contributed by atoms with E-state index < -0.39 is 0 Å². The fraction of sp³-hybridized carbons (Fsp3) is 0.222. The van der Waals surface area contributed by atoms with Gasteiger partial charge in [-0.2, -0.15) is 17.5 Å². The molecule has 0 bridgehead atoms. The second kappa shape index (κ2) is 18.3. The quantitative estimate of drug-likeness (QED) is 0.221. The second-order valence-corrected chi connectivity index (χ2v) is 8.75. The van der Waals surface area contributed by atoms with Crippen LogP contribution in [-0.2, 0) is 25.8 Å². The summed E-state index contributed by atoms with van der Waals surface area (Å²) in [5.74, 6) is 0. The molecule has 164 valence electrons. The molecule has 2 radical (unpaired) electrons. The van der Waals surface area contributed by atoms with Crippen molar-refractivity contribution < 1.29 is 50.7 Å². The van der Waals surface area contributed by atoms with Gasteiger partial charge in [-0.15, -0.1) is 35.7 Å². The third-order valence-corrected chi connectivity index (χ3v) is 6.23. The predicted molar refractivity (Wildman–Crippen MR) is 129 cm³/mol. The summed E-state index contributed by atoms with van der Waals surface area (Å²) >= 11 is 0. The Balaban J connectivity index is 0.000000450. The Morgan fingerprint density at radius 1 is 0.656 bits per heavy atom. The summed E-state index contributed by atoms with van der Waals surface area (Å²) in [6, 6.07) is 36.1. The molecule has 4 aromatic rings. The number of hydrogen-bond acceptors (Lipinski definition) is 0. The minimum Gasteiger partial charge on any atom is -1.00 e. The first kappa shape index (κ1) is 30.9. The van der Waals surface area contributed by atoms with Crippen molar-refractivity contribution in [1.82, 2.24) is 0 Å². The molecule has 0 saturated heterocycles. The average Bonchev–Trinajstić information content (AvgIpc) is 3.26. The third kappa shape index (κ3) is 11.7. The summed E-state index contributed by atoms with van der Waals surface area (Å²) in [5.41, 5.74) is 7.27. The van der Waals surface area contributed by atoms with Crippen LogP contribution >= 0.6 is 0 Å². The van der Waals surface area contributed by atoms with Crippen molar-refractivity contribution in [2.24, 2.45) is 0 Å². The molecule has 0 heterocycles. The molecule has 0 aromatic heterocycles. The number of halogens is 2. The van der Waals surface area contributed by atoms with Crippen LogP contribution in [0.5, 0.6) is 0 Å². The molecule has 1 fully saturated rings. The van der Waals surface area contributed by atoms with Gasteiger partial charge in [0.05, 0.1) is 0 Å². The molecule has 0 aliphatic heterocycles. The first-order valence-corrected chi connectivity index (χ1v) is 11.5. The maximum atomic E-state index is 7.27. The molecule has 5 heteroatoms. The SMILES string of the molecule is [Cl-].[Cl-].[Hf+4].[NH-]C1CCCCC1.c1ccc([Si]c2ccccc2)cc1.c1ccc2[cH-]ccc2c1. The molecular weight excluding hydrogens is 616 g/mol. The zero-order chi connectivity index (χ0) is 20.2. The van der Waals surface area contributed by atoms with E-state index in [0.29, 0.717) is 0 Å². The zero-order valence-corrected chi connectivity index (χ0v) is 24.3. The molecule has 32 heavy (non-hydrogen) atoms. The summed E-state index contributed by atoms with van der Waals surface area (Å²) in [7, 11) is 0.777. The molecule has 0 spiro atoms. The van der Waals surface area contributed by atoms with Crippen molar-refractivity contribution in [3.05, 3.63) is 109 Å². The van der Waals surface area contributed by atoms with Gasteiger partial charge in [0.1, 0.15) is 9.52 Å². The fourth-order valence-corrected chi connectivity index (χ4v) is 4.43. The van der Waals surface area contributed by atoms with Crippen LogP contribution < -0.4 is 35.2 Å². The van der Waals surface area contributed by atoms with Gasteiger partial charge in [0.25, 0.3) is 0 Å². The van der Waals surface area contributed by atoms with E-state index in [1.807, 2.05) is 0 Å². The van der Waals surface area contributed by atoms with Crippen LogP contribution in [0.1, 0.15) is 32.1 Å². The Morgan fingerprint density at radius 3 is 1.62 bits per heavy atom. The van der Waals surface area contributed by atoms with Gasteiger partial charge in [-0.25, -0.2) is 0 Å². The molecule has 5 rings (SSSR count). The van der Waals surface area contributed by atoms with Crippen LogP contribution in [0.4, 0.5) is 0 Å². The van der Waals surface area contributed by atoms with Gasteiger partial charge in [-0.3, -0.25) is 0 Å². The topological polar surface area (TPSA) is 23.8 Å². The first-order chi connectivity index (χ1) is 14.3. The van der Waals surface area contributed by atoms with Crippen LogP contribution in [0, 0.1) is 0 Å². The summed E-state index contributed by atoms with van der Waals surface area (Å²) in [6.45, 7) is 0. The van der Waals surface area contributed by atoms with Crippen molar-refractivity contribution >= 4 is 30.7 Å². The Morgan fingerprint density at radius 2 is 1.16 bits per heavy atom. The first-order valence-electron chi connectivity index (χ1n) is 10.5. The van der Waals surface area contributed by atoms with Gasteiger partial charge in [-0.05, 0) is 0 Å². The van der Waals surface area contributed by atoms with Crippen LogP contribution in [0.25, 0.3) is 16.5 Å². The molecule has 1 saturated carbocycles. The largest absolute Gasteiger partial charge is 4.00 e. The normalized spacial score (nSPS) is 12.4. The van der Waals surface area contributed by atoms with Gasteiger partial charge in [-0.1, -0.05) is 109 Å². The van der Waals surface area contributed by atoms with Crippen LogP contribution in [0.2, 0.25) is 0 Å². The maximum Gasteiger partial charge on any atom is 4.00 e. The second-order valence-electron chi connectivity index (χ2n) is 7.35. The third-order valence-electron chi connectivity index (χ3n) is 4.99. The van der Waals surface area contributed by atoms with Gasteiger partial charge >= 0.3 is 25.8 Å². The Hall–Kier alpha value is -1.10. The average molecular weight is 645 g/mol. The van der Waals surface area contributed by atoms with Crippen molar-refractivity contribution in [2.75, 3.05) is 0 Å². The van der Waals surface area contributed by atoms with E-state index in [1.54, 1.807) is 0 Å². The molecule has 1 N–H and O–H groups in total. The van der Waals surface area contributed by atoms with Gasteiger partial charge < -0.3 is 30.5 Å². The molecule has 1 aliphatic rings. The zero-order valence-electron chi connectivity index (χ0n) is 18.2. The molecule has 1 aliphatic carbocycles. The molecule has 0 atom stereocenters. The van der Waals surface area contributed by atoms with Crippen molar-refractivity contribution in [2.45, 2.75) is 38.1 Å². The van der Waals surface area contributed by atoms with Gasteiger partial charge in [0.15, 0.2) is 0 Å². The summed E-state index contributed by atoms with van der Waals surface area (Å²) in [5, 5.41) is 5.46. The van der Waals surface area contributed by atoms with E-state index in [9.17, 15) is 0 Å². The van der Waals surface area contributed by atoms with E-state index >= 15 is 0 Å². The molecule has 4 aromatic carbocycles. The van der Waals surface area contributed by atoms with Crippen molar-refractivity contribution in [3.8, 4) is 0 Å². The minimum absolute atomic E-state index is 0. The van der Waals surface area contributed by atoms with Gasteiger partial charge in [0, 0.05) is 0 Å². The number of fused-ring (bicyclic) bond motifs is 1. The van der Waals surface area contributed by atoms with Crippen LogP contribution in [0.3, 0.4) is 0 Å². The maximum absolute atomic E-state index is 7.27. The summed E-state index contributed by atoms with van der Waals surface area (Å²) < 4.78 is 0. The monoisotopic (exact) mass is 645 g/mol. The standard InChI is InChI=1S/C12H10Si.C9H7.C6H12N.2ClH.Hf/c1-3-7-11(8-4-1)13-12-9-5-2-6-10-12;1-2-5-9-7-3-6-8(9)4-1;7-6-4-2-1-3-5-6;;;/h1-10H;1-7H;6-7H,1-5H2;2*1H;/q;2*-1;;;+4/p-2. The number of benzene rings is 3. The predicted octanol–water partition coefficient (Wildman–Crippen LogP) is 0.277. The minimum atomic E-state index is 0. The molecular formula is C27H29Cl2HfNSi. The number of rotatable bonds is 2. The van der Waals surface area contributed by atoms with E-state index in [1.165, 1.54) is 40.4 Å². The van der Waals surface area contributed by atoms with E-state index in [4.69, 9.17) is 5.73 Å². The van der Waals surface area contributed by atoms with E-state index in [2.05, 4.69) is 103 Å². The van der Waals surface area contributed by atoms with Crippen LogP contribution in [-0.4, -0.2) is 15.6 Å². The van der Waals surface area contributed by atoms with Crippen molar-refractivity contribution in [3.63, 3.8) is 0 Å². The molecule has 1 nitrogen and oxygen atoms in total. The summed E-state index contributed by atoms with van der Waals surface area (Å²) in [6.07, 6.45) is 6.28. The van der Waals surface area contributed by atoms with Crippen LogP contribution in [0.15, 0.2) is 103 Å². The van der Waals surface area contributed by atoms with E-state index in [0.717, 1.165) is 22.4 Å². The van der Waals surface area contributed by atoms with E-state index in [-0.39, 0.29) is 56.7 Å². The number of nitrogens with one attached hydrogen (secondary N) is 1. The Labute approximate surface area is 227 Å². The summed E-state index contributed by atoms with van der Waals surface area (Å²) in [4.78, 5) is 0. The van der Waals surface area contributed by atoms with Crippen molar-refractivity contribution in [1.29, 1.82) is 0 Å². The molecule has 0 amide bonds. The number of hydrogen-bond donors (Lipinski definition) is 0. The Kier molecular flexibility index (Phi) is 17.7. The smallest absolute Gasteiger partial charge is 1.00 e. The van der Waals surface area contributed by atoms with Gasteiger partial charge in [0.2, 0.25) is 0 Å². The fourth-order valence-electron chi connectivity index (χ4n) is 3.38. The molecule has 0 unspecified atom stereocenters.